The molecule has 2 rings (SSSR count). The van der Waals surface area contributed by atoms with Gasteiger partial charge in [-0.05, 0) is 0 Å². The zero-order chi connectivity index (χ0) is 11.2. The summed E-state index contributed by atoms with van der Waals surface area (Å²) in [6, 6.07) is 19.8. The van der Waals surface area contributed by atoms with Crippen molar-refractivity contribution in [3.63, 3.8) is 0 Å². The second-order valence-corrected chi connectivity index (χ2v) is 7.23. The molecule has 0 aliphatic heterocycles. The van der Waals surface area contributed by atoms with Crippen molar-refractivity contribution in [3.8, 4) is 0 Å². The molecule has 0 aromatic heterocycles. The van der Waals surface area contributed by atoms with Gasteiger partial charge in [0.05, 0.1) is 0 Å². The van der Waals surface area contributed by atoms with Gasteiger partial charge in [0.25, 0.3) is 0 Å². The summed E-state index contributed by atoms with van der Waals surface area (Å²) in [7, 11) is 0. The molecule has 0 nitrogen and oxygen atoms in total. The Morgan fingerprint density at radius 1 is 0.875 bits per heavy atom. The first-order valence-electron chi connectivity index (χ1n) is 5.58. The molecule has 0 saturated carbocycles. The van der Waals surface area contributed by atoms with Gasteiger partial charge in [-0.15, -0.1) is 0 Å². The van der Waals surface area contributed by atoms with Crippen LogP contribution in [0.25, 0.3) is 0 Å². The van der Waals surface area contributed by atoms with Crippen LogP contribution in [0.15, 0.2) is 54.6 Å². The second-order valence-electron chi connectivity index (χ2n) is 3.90. The van der Waals surface area contributed by atoms with Crippen LogP contribution in [0.3, 0.4) is 0 Å². The van der Waals surface area contributed by atoms with E-state index in [1.54, 1.807) is 3.61 Å². The van der Waals surface area contributed by atoms with E-state index in [2.05, 4.69) is 61.5 Å². The van der Waals surface area contributed by atoms with Crippen LogP contribution in [0.1, 0.15) is 11.1 Å². The minimum atomic E-state index is 0.00859. The molecule has 0 unspecified atom stereocenters. The number of hydrogen-bond donors (Lipinski definition) is 0. The second kappa shape index (κ2) is 6.09. The molecule has 0 fully saturated rings. The van der Waals surface area contributed by atoms with Crippen LogP contribution in [0.5, 0.6) is 0 Å². The van der Waals surface area contributed by atoms with Gasteiger partial charge in [-0.3, -0.25) is 0 Å². The molecular formula is C15H16Te. The Hall–Kier alpha value is -0.770. The average molecular weight is 324 g/mol. The number of benzene rings is 2. The maximum atomic E-state index is 2.29. The molecule has 0 radical (unpaired) electrons. The zero-order valence-electron chi connectivity index (χ0n) is 9.52. The van der Waals surface area contributed by atoms with Gasteiger partial charge in [-0.1, -0.05) is 0 Å². The van der Waals surface area contributed by atoms with E-state index < -0.39 is 0 Å². The number of rotatable bonds is 4. The molecule has 0 aliphatic rings. The van der Waals surface area contributed by atoms with Crippen molar-refractivity contribution in [2.45, 2.75) is 17.8 Å². The van der Waals surface area contributed by atoms with Crippen molar-refractivity contribution in [3.05, 3.63) is 65.7 Å². The molecule has 0 heterocycles. The van der Waals surface area contributed by atoms with E-state index in [9.17, 15) is 0 Å². The summed E-state index contributed by atoms with van der Waals surface area (Å²) in [4.78, 5) is 0. The van der Waals surface area contributed by atoms with Crippen molar-refractivity contribution < 1.29 is 0 Å². The van der Waals surface area contributed by atoms with Gasteiger partial charge < -0.3 is 0 Å². The summed E-state index contributed by atoms with van der Waals surface area (Å²) in [5.74, 6) is 0. The van der Waals surface area contributed by atoms with Crippen molar-refractivity contribution in [2.24, 2.45) is 0 Å². The van der Waals surface area contributed by atoms with Gasteiger partial charge in [0.2, 0.25) is 0 Å². The molecule has 0 bridgehead atoms. The number of hydrogen-bond acceptors (Lipinski definition) is 0. The van der Waals surface area contributed by atoms with Crippen molar-refractivity contribution in [1.29, 1.82) is 0 Å². The maximum absolute atomic E-state index is 2.29. The van der Waals surface area contributed by atoms with E-state index in [1.807, 2.05) is 0 Å². The van der Waals surface area contributed by atoms with Crippen LogP contribution in [0, 0.1) is 6.92 Å². The summed E-state index contributed by atoms with van der Waals surface area (Å²) in [6.07, 6.45) is 1.23. The molecule has 2 aromatic rings. The van der Waals surface area contributed by atoms with Crippen molar-refractivity contribution in [1.82, 2.24) is 0 Å². The molecular weight excluding hydrogens is 308 g/mol. The Bertz CT molecular complexity index is 417. The third-order valence-electron chi connectivity index (χ3n) is 2.52. The topological polar surface area (TPSA) is 0 Å². The molecule has 0 aliphatic carbocycles. The third-order valence-corrected chi connectivity index (χ3v) is 5.42. The molecule has 1 heteroatoms. The Morgan fingerprint density at radius 3 is 2.25 bits per heavy atom. The van der Waals surface area contributed by atoms with E-state index >= 15 is 0 Å². The molecule has 0 atom stereocenters. The standard InChI is InChI=1S/C15H16Te/c1-13-7-9-15(10-8-13)16-12-11-14-5-3-2-4-6-14/h2-10H,11-12H2,1H3. The van der Waals surface area contributed by atoms with Crippen molar-refractivity contribution in [2.75, 3.05) is 0 Å². The van der Waals surface area contributed by atoms with Crippen LogP contribution < -0.4 is 3.61 Å². The summed E-state index contributed by atoms with van der Waals surface area (Å²) >= 11 is 0.00859. The number of aryl methyl sites for hydroxylation is 2. The SMILES string of the molecule is Cc1ccc([Te]CCc2ccccc2)cc1. The van der Waals surface area contributed by atoms with Gasteiger partial charge in [-0.2, -0.15) is 0 Å². The summed E-state index contributed by atoms with van der Waals surface area (Å²) in [5, 5.41) is 0. The van der Waals surface area contributed by atoms with Gasteiger partial charge in [0, 0.05) is 0 Å². The van der Waals surface area contributed by atoms with Crippen LogP contribution in [0.4, 0.5) is 0 Å². The van der Waals surface area contributed by atoms with E-state index in [-0.39, 0.29) is 20.9 Å². The predicted octanol–water partition coefficient (Wildman–Crippen LogP) is 2.99. The van der Waals surface area contributed by atoms with Gasteiger partial charge in [0.1, 0.15) is 0 Å². The van der Waals surface area contributed by atoms with E-state index in [0.717, 1.165) is 0 Å². The molecule has 2 aromatic carbocycles. The van der Waals surface area contributed by atoms with Crippen LogP contribution in [0.2, 0.25) is 4.47 Å². The van der Waals surface area contributed by atoms with E-state index in [1.165, 1.54) is 22.0 Å². The summed E-state index contributed by atoms with van der Waals surface area (Å²) in [5.41, 5.74) is 2.83. The molecule has 82 valence electrons. The fourth-order valence-electron chi connectivity index (χ4n) is 1.57. The zero-order valence-corrected chi connectivity index (χ0v) is 11.8. The fourth-order valence-corrected chi connectivity index (χ4v) is 4.14. The summed E-state index contributed by atoms with van der Waals surface area (Å²) in [6.45, 7) is 2.15. The van der Waals surface area contributed by atoms with Gasteiger partial charge in [0.15, 0.2) is 0 Å². The Labute approximate surface area is 108 Å². The Morgan fingerprint density at radius 2 is 1.56 bits per heavy atom. The van der Waals surface area contributed by atoms with Crippen LogP contribution in [-0.2, 0) is 6.42 Å². The summed E-state index contributed by atoms with van der Waals surface area (Å²) < 4.78 is 2.94. The monoisotopic (exact) mass is 326 g/mol. The molecule has 16 heavy (non-hydrogen) atoms. The first-order chi connectivity index (χ1) is 7.84. The molecule has 0 N–H and O–H groups in total. The normalized spacial score (nSPS) is 10.3. The van der Waals surface area contributed by atoms with Crippen LogP contribution in [-0.4, -0.2) is 20.9 Å². The first-order valence-corrected chi connectivity index (χ1v) is 8.39. The van der Waals surface area contributed by atoms with E-state index in [4.69, 9.17) is 0 Å². The van der Waals surface area contributed by atoms with E-state index in [0.29, 0.717) is 0 Å². The first kappa shape index (κ1) is 11.7. The fraction of sp³-hybridized carbons (Fsp3) is 0.200. The van der Waals surface area contributed by atoms with Crippen molar-refractivity contribution >= 4 is 24.5 Å². The predicted molar refractivity (Wildman–Crippen MR) is 71.5 cm³/mol. The van der Waals surface area contributed by atoms with Crippen LogP contribution >= 0.6 is 0 Å². The van der Waals surface area contributed by atoms with Gasteiger partial charge >= 0.3 is 108 Å². The molecule has 0 amide bonds. The Kier molecular flexibility index (Phi) is 4.45. The third kappa shape index (κ3) is 3.67. The molecule has 0 saturated heterocycles. The van der Waals surface area contributed by atoms with Gasteiger partial charge in [-0.25, -0.2) is 0 Å². The average Bonchev–Trinajstić information content (AvgIpc) is 2.33. The Balaban J connectivity index is 1.82. The quantitative estimate of drug-likeness (QED) is 0.759. The minimum absolute atomic E-state index is 0.00859. The molecule has 0 spiro atoms.